The summed E-state index contributed by atoms with van der Waals surface area (Å²) in [6.07, 6.45) is 0.997. The molecule has 0 saturated carbocycles. The first-order valence-electron chi connectivity index (χ1n) is 10.8. The van der Waals surface area contributed by atoms with Crippen molar-refractivity contribution in [2.45, 2.75) is 19.0 Å². The fourth-order valence-corrected chi connectivity index (χ4v) is 4.05. The van der Waals surface area contributed by atoms with Gasteiger partial charge in [-0.05, 0) is 64.9 Å². The number of nitrogens with zero attached hydrogens (tertiary/aromatic N) is 1. The summed E-state index contributed by atoms with van der Waals surface area (Å²) in [5.74, 6) is -1.56. The van der Waals surface area contributed by atoms with Crippen molar-refractivity contribution >= 4 is 46.2 Å². The van der Waals surface area contributed by atoms with E-state index in [0.717, 1.165) is 12.1 Å². The van der Waals surface area contributed by atoms with Gasteiger partial charge in [-0.1, -0.05) is 54.1 Å². The number of rotatable bonds is 7. The van der Waals surface area contributed by atoms with E-state index in [1.807, 2.05) is 0 Å². The molecule has 0 radical (unpaired) electrons. The minimum atomic E-state index is -4.65. The molecule has 0 fully saturated rings. The van der Waals surface area contributed by atoms with Crippen LogP contribution in [-0.2, 0) is 17.4 Å². The van der Waals surface area contributed by atoms with Crippen molar-refractivity contribution in [3.05, 3.63) is 106 Å². The average Bonchev–Trinajstić information content (AvgIpc) is 3.31. The molecule has 0 unspecified atom stereocenters. The van der Waals surface area contributed by atoms with Gasteiger partial charge < -0.3 is 5.11 Å². The number of carboxylic acid groups (broad SMARTS) is 1. The summed E-state index contributed by atoms with van der Waals surface area (Å²) >= 11 is 5.87. The SMILES string of the molecule is O=C(O)/C=C/c1ccc(/C=C(\CCc2ccc3[nH]ncc3c2F)c2ccc(Cl)cc2C(F)(F)F)cc1. The van der Waals surface area contributed by atoms with Crippen LogP contribution >= 0.6 is 11.6 Å². The fourth-order valence-electron chi connectivity index (χ4n) is 3.88. The highest BCUT2D eigenvalue weighted by Crippen LogP contribution is 2.38. The number of aromatic amines is 1. The topological polar surface area (TPSA) is 66.0 Å². The molecule has 184 valence electrons. The van der Waals surface area contributed by atoms with Gasteiger partial charge in [-0.3, -0.25) is 5.10 Å². The van der Waals surface area contributed by atoms with Crippen LogP contribution in [0.25, 0.3) is 28.6 Å². The number of alkyl halides is 3. The van der Waals surface area contributed by atoms with Gasteiger partial charge in [0.2, 0.25) is 0 Å². The van der Waals surface area contributed by atoms with Crippen LogP contribution in [0.1, 0.15) is 34.2 Å². The molecule has 4 aromatic rings. The van der Waals surface area contributed by atoms with Crippen LogP contribution in [0.2, 0.25) is 5.02 Å². The molecule has 36 heavy (non-hydrogen) atoms. The first-order chi connectivity index (χ1) is 17.1. The maximum absolute atomic E-state index is 15.0. The van der Waals surface area contributed by atoms with E-state index in [1.165, 1.54) is 24.4 Å². The number of nitrogens with one attached hydrogen (secondary N) is 1. The smallest absolute Gasteiger partial charge is 0.417 e. The first kappa shape index (κ1) is 25.2. The Bertz CT molecular complexity index is 1470. The number of carbonyl (C=O) groups is 1. The minimum Gasteiger partial charge on any atom is -0.478 e. The number of hydrogen-bond donors (Lipinski definition) is 2. The van der Waals surface area contributed by atoms with Crippen LogP contribution in [0.4, 0.5) is 17.6 Å². The van der Waals surface area contributed by atoms with Gasteiger partial charge in [0.05, 0.1) is 22.7 Å². The van der Waals surface area contributed by atoms with Gasteiger partial charge in [0, 0.05) is 11.1 Å². The molecular weight excluding hydrogens is 496 g/mol. The van der Waals surface area contributed by atoms with E-state index >= 15 is 0 Å². The van der Waals surface area contributed by atoms with Gasteiger partial charge in [0.1, 0.15) is 5.82 Å². The second-order valence-corrected chi connectivity index (χ2v) is 8.50. The monoisotopic (exact) mass is 514 g/mol. The van der Waals surface area contributed by atoms with Crippen molar-refractivity contribution in [1.29, 1.82) is 0 Å². The standard InChI is InChI=1S/C27H19ClF4N2O2/c28-20-9-10-21(23(14-20)27(30,31)32)19(13-17-3-1-16(2-4-17)5-12-25(35)36)7-6-18-8-11-24-22(26(18)29)15-33-34-24/h1-5,8-15H,6-7H2,(H,33,34)(H,35,36)/b12-5+,19-13+. The number of aliphatic carboxylic acids is 1. The number of benzene rings is 3. The lowest BCUT2D eigenvalue weighted by Crippen LogP contribution is -2.09. The Morgan fingerprint density at radius 1 is 1.06 bits per heavy atom. The third-order valence-electron chi connectivity index (χ3n) is 5.63. The van der Waals surface area contributed by atoms with Crippen molar-refractivity contribution in [2.75, 3.05) is 0 Å². The Kier molecular flexibility index (Phi) is 7.26. The van der Waals surface area contributed by atoms with Gasteiger partial charge in [-0.15, -0.1) is 0 Å². The maximum atomic E-state index is 15.0. The molecule has 0 aliphatic heterocycles. The number of aryl methyl sites for hydroxylation is 1. The number of fused-ring (bicyclic) bond motifs is 1. The number of aromatic nitrogens is 2. The normalized spacial score (nSPS) is 12.5. The predicted molar refractivity (Wildman–Crippen MR) is 132 cm³/mol. The van der Waals surface area contributed by atoms with Gasteiger partial charge in [0.15, 0.2) is 0 Å². The van der Waals surface area contributed by atoms with E-state index in [4.69, 9.17) is 16.7 Å². The lowest BCUT2D eigenvalue weighted by molar-refractivity contribution is -0.137. The minimum absolute atomic E-state index is 0.0450. The van der Waals surface area contributed by atoms with Crippen molar-refractivity contribution in [1.82, 2.24) is 10.2 Å². The summed E-state index contributed by atoms with van der Waals surface area (Å²) < 4.78 is 56.6. The Balaban J connectivity index is 1.74. The fraction of sp³-hybridized carbons (Fsp3) is 0.111. The molecule has 2 N–H and O–H groups in total. The number of halogens is 5. The summed E-state index contributed by atoms with van der Waals surface area (Å²) in [7, 11) is 0. The molecule has 0 atom stereocenters. The largest absolute Gasteiger partial charge is 0.478 e. The van der Waals surface area contributed by atoms with Crippen LogP contribution in [0, 0.1) is 5.82 Å². The number of H-pyrrole nitrogens is 1. The van der Waals surface area contributed by atoms with Gasteiger partial charge in [0.25, 0.3) is 0 Å². The van der Waals surface area contributed by atoms with E-state index < -0.39 is 23.5 Å². The Hall–Kier alpha value is -3.91. The second-order valence-electron chi connectivity index (χ2n) is 8.07. The summed E-state index contributed by atoms with van der Waals surface area (Å²) in [5, 5.41) is 15.6. The van der Waals surface area contributed by atoms with Crippen LogP contribution in [0.15, 0.2) is 66.9 Å². The Morgan fingerprint density at radius 3 is 2.47 bits per heavy atom. The van der Waals surface area contributed by atoms with E-state index in [1.54, 1.807) is 42.5 Å². The molecule has 0 amide bonds. The first-order valence-corrected chi connectivity index (χ1v) is 11.2. The van der Waals surface area contributed by atoms with Crippen molar-refractivity contribution in [2.24, 2.45) is 0 Å². The average molecular weight is 515 g/mol. The van der Waals surface area contributed by atoms with Crippen molar-refractivity contribution < 1.29 is 27.5 Å². The highest BCUT2D eigenvalue weighted by molar-refractivity contribution is 6.30. The van der Waals surface area contributed by atoms with Crippen LogP contribution in [-0.4, -0.2) is 21.3 Å². The molecule has 0 bridgehead atoms. The molecule has 1 heterocycles. The highest BCUT2D eigenvalue weighted by atomic mass is 35.5. The molecule has 0 aliphatic carbocycles. The predicted octanol–water partition coefficient (Wildman–Crippen LogP) is 7.65. The van der Waals surface area contributed by atoms with Crippen molar-refractivity contribution in [3.63, 3.8) is 0 Å². The quantitative estimate of drug-likeness (QED) is 0.151. The summed E-state index contributed by atoms with van der Waals surface area (Å²) in [4.78, 5) is 10.7. The molecule has 1 aromatic heterocycles. The lowest BCUT2D eigenvalue weighted by atomic mass is 9.92. The van der Waals surface area contributed by atoms with Crippen LogP contribution < -0.4 is 0 Å². The summed E-state index contributed by atoms with van der Waals surface area (Å²) in [5.41, 5.74) is 1.52. The van der Waals surface area contributed by atoms with Gasteiger partial charge in [-0.25, -0.2) is 9.18 Å². The molecule has 9 heteroatoms. The molecule has 0 spiro atoms. The van der Waals surface area contributed by atoms with Gasteiger partial charge in [-0.2, -0.15) is 18.3 Å². The maximum Gasteiger partial charge on any atom is 0.417 e. The molecular formula is C27H19ClF4N2O2. The summed E-state index contributed by atoms with van der Waals surface area (Å²) in [6, 6.07) is 13.5. The Labute approximate surface area is 208 Å². The van der Waals surface area contributed by atoms with Crippen molar-refractivity contribution in [3.8, 4) is 0 Å². The van der Waals surface area contributed by atoms with E-state index in [2.05, 4.69) is 10.2 Å². The van der Waals surface area contributed by atoms with E-state index in [0.29, 0.717) is 33.2 Å². The molecule has 3 aromatic carbocycles. The van der Waals surface area contributed by atoms with E-state index in [9.17, 15) is 22.4 Å². The molecule has 0 aliphatic rings. The zero-order chi connectivity index (χ0) is 25.9. The molecule has 4 rings (SSSR count). The second kappa shape index (κ2) is 10.4. The Morgan fingerprint density at radius 2 is 1.78 bits per heavy atom. The third-order valence-corrected chi connectivity index (χ3v) is 5.87. The number of carboxylic acids is 1. The number of hydrogen-bond acceptors (Lipinski definition) is 2. The number of allylic oxidation sites excluding steroid dienone is 1. The zero-order valence-electron chi connectivity index (χ0n) is 18.6. The van der Waals surface area contributed by atoms with Crippen LogP contribution in [0.5, 0.6) is 0 Å². The highest BCUT2D eigenvalue weighted by Gasteiger charge is 2.34. The zero-order valence-corrected chi connectivity index (χ0v) is 19.4. The third kappa shape index (κ3) is 5.83. The summed E-state index contributed by atoms with van der Waals surface area (Å²) in [6.45, 7) is 0. The molecule has 4 nitrogen and oxygen atoms in total. The van der Waals surface area contributed by atoms with Gasteiger partial charge >= 0.3 is 12.1 Å². The van der Waals surface area contributed by atoms with Crippen LogP contribution in [0.3, 0.4) is 0 Å². The lowest BCUT2D eigenvalue weighted by Gasteiger charge is -2.17. The van der Waals surface area contributed by atoms with E-state index in [-0.39, 0.29) is 23.4 Å². The molecule has 0 saturated heterocycles.